The topological polar surface area (TPSA) is 49.3 Å². The third kappa shape index (κ3) is 2.59. The van der Waals surface area contributed by atoms with E-state index in [4.69, 9.17) is 16.7 Å². The van der Waals surface area contributed by atoms with E-state index in [9.17, 15) is 9.18 Å². The third-order valence-corrected chi connectivity index (χ3v) is 1.60. The zero-order chi connectivity index (χ0) is 9.84. The van der Waals surface area contributed by atoms with Gasteiger partial charge in [-0.15, -0.1) is 11.6 Å². The Morgan fingerprint density at radius 3 is 2.85 bits per heavy atom. The number of carbonyl (C=O) groups excluding carboxylic acids is 1. The van der Waals surface area contributed by atoms with Gasteiger partial charge in [-0.05, 0) is 12.1 Å². The molecule has 1 aromatic carbocycles. The van der Waals surface area contributed by atoms with Gasteiger partial charge in [-0.25, -0.2) is 4.39 Å². The molecule has 70 valence electrons. The van der Waals surface area contributed by atoms with Gasteiger partial charge in [0, 0.05) is 11.8 Å². The summed E-state index contributed by atoms with van der Waals surface area (Å²) in [6.45, 7) is 0. The van der Waals surface area contributed by atoms with Gasteiger partial charge >= 0.3 is 0 Å². The van der Waals surface area contributed by atoms with Crippen LogP contribution in [0, 0.1) is 5.82 Å². The molecular weight excluding hydrogens is 197 g/mol. The van der Waals surface area contributed by atoms with E-state index in [1.54, 1.807) is 0 Å². The number of amides is 1. The minimum Gasteiger partial charge on any atom is -0.505 e. The molecule has 0 fully saturated rings. The van der Waals surface area contributed by atoms with Gasteiger partial charge in [-0.3, -0.25) is 4.79 Å². The normalized spacial score (nSPS) is 9.69. The Balaban J connectivity index is 2.79. The van der Waals surface area contributed by atoms with Crippen LogP contribution in [0.3, 0.4) is 0 Å². The van der Waals surface area contributed by atoms with E-state index in [1.165, 1.54) is 6.07 Å². The maximum atomic E-state index is 12.7. The van der Waals surface area contributed by atoms with Gasteiger partial charge in [0.2, 0.25) is 5.91 Å². The zero-order valence-electron chi connectivity index (χ0n) is 6.55. The van der Waals surface area contributed by atoms with Crippen molar-refractivity contribution in [2.75, 3.05) is 11.2 Å². The number of benzene rings is 1. The number of halogens is 2. The van der Waals surface area contributed by atoms with E-state index >= 15 is 0 Å². The van der Waals surface area contributed by atoms with Crippen LogP contribution in [0.5, 0.6) is 5.75 Å². The van der Waals surface area contributed by atoms with Crippen LogP contribution < -0.4 is 5.32 Å². The summed E-state index contributed by atoms with van der Waals surface area (Å²) < 4.78 is 12.7. The van der Waals surface area contributed by atoms with Crippen molar-refractivity contribution in [1.82, 2.24) is 0 Å². The quantitative estimate of drug-likeness (QED) is 0.568. The summed E-state index contributed by atoms with van der Waals surface area (Å²) in [7, 11) is 0. The van der Waals surface area contributed by atoms with Crippen LogP contribution in [0.15, 0.2) is 18.2 Å². The molecule has 13 heavy (non-hydrogen) atoms. The largest absolute Gasteiger partial charge is 0.505 e. The second kappa shape index (κ2) is 4.09. The van der Waals surface area contributed by atoms with Gasteiger partial charge in [0.1, 0.15) is 5.88 Å². The Morgan fingerprint density at radius 1 is 1.62 bits per heavy atom. The van der Waals surface area contributed by atoms with Crippen molar-refractivity contribution in [2.24, 2.45) is 0 Å². The predicted octanol–water partition coefficient (Wildman–Crippen LogP) is 1.71. The molecule has 0 saturated carbocycles. The summed E-state index contributed by atoms with van der Waals surface area (Å²) in [5, 5.41) is 11.2. The fraction of sp³-hybridized carbons (Fsp3) is 0.125. The van der Waals surface area contributed by atoms with E-state index in [2.05, 4.69) is 5.32 Å². The fourth-order valence-electron chi connectivity index (χ4n) is 0.779. The van der Waals surface area contributed by atoms with E-state index in [-0.39, 0.29) is 11.6 Å². The second-order valence-electron chi connectivity index (χ2n) is 2.35. The molecule has 0 atom stereocenters. The number of rotatable bonds is 2. The molecule has 2 N–H and O–H groups in total. The molecule has 0 bridgehead atoms. The average Bonchev–Trinajstić information content (AvgIpc) is 2.11. The van der Waals surface area contributed by atoms with Gasteiger partial charge in [0.15, 0.2) is 11.6 Å². The summed E-state index contributed by atoms with van der Waals surface area (Å²) in [6.07, 6.45) is 0. The number of nitrogens with one attached hydrogen (secondary N) is 1. The first-order chi connectivity index (χ1) is 6.13. The molecule has 3 nitrogen and oxygen atoms in total. The van der Waals surface area contributed by atoms with Crippen LogP contribution >= 0.6 is 11.6 Å². The van der Waals surface area contributed by atoms with Crippen LogP contribution in [0.4, 0.5) is 10.1 Å². The van der Waals surface area contributed by atoms with Crippen molar-refractivity contribution in [3.05, 3.63) is 24.0 Å². The van der Waals surface area contributed by atoms with Gasteiger partial charge in [-0.1, -0.05) is 0 Å². The number of anilines is 1. The molecule has 0 unspecified atom stereocenters. The lowest BCUT2D eigenvalue weighted by atomic mass is 10.3. The Bertz CT molecular complexity index is 330. The summed E-state index contributed by atoms with van der Waals surface area (Å²) in [5.74, 6) is -1.86. The van der Waals surface area contributed by atoms with Crippen molar-refractivity contribution in [1.29, 1.82) is 0 Å². The Kier molecular flexibility index (Phi) is 3.08. The van der Waals surface area contributed by atoms with E-state index in [0.29, 0.717) is 0 Å². The highest BCUT2D eigenvalue weighted by Crippen LogP contribution is 2.19. The van der Waals surface area contributed by atoms with E-state index in [0.717, 1.165) is 12.1 Å². The Labute approximate surface area is 79.1 Å². The highest BCUT2D eigenvalue weighted by atomic mass is 35.5. The van der Waals surface area contributed by atoms with Crippen molar-refractivity contribution >= 4 is 23.2 Å². The first-order valence-corrected chi connectivity index (χ1v) is 4.01. The predicted molar refractivity (Wildman–Crippen MR) is 47.4 cm³/mol. The minimum atomic E-state index is -0.785. The summed E-state index contributed by atoms with van der Waals surface area (Å²) in [6, 6.07) is 3.54. The lowest BCUT2D eigenvalue weighted by molar-refractivity contribution is -0.113. The van der Waals surface area contributed by atoms with Crippen LogP contribution in [0.25, 0.3) is 0 Å². The summed E-state index contributed by atoms with van der Waals surface area (Å²) >= 11 is 5.22. The molecule has 0 spiro atoms. The third-order valence-electron chi connectivity index (χ3n) is 1.35. The van der Waals surface area contributed by atoms with Crippen molar-refractivity contribution < 1.29 is 14.3 Å². The molecule has 5 heteroatoms. The standard InChI is InChI=1S/C8H7ClFNO2/c9-4-8(13)11-5-1-2-7(12)6(10)3-5/h1-3,12H,4H2,(H,11,13). The van der Waals surface area contributed by atoms with Gasteiger partial charge < -0.3 is 10.4 Å². The van der Waals surface area contributed by atoms with Crippen molar-refractivity contribution in [2.45, 2.75) is 0 Å². The highest BCUT2D eigenvalue weighted by molar-refractivity contribution is 6.29. The SMILES string of the molecule is O=C(CCl)Nc1ccc(O)c(F)c1. The van der Waals surface area contributed by atoms with Crippen LogP contribution in [-0.2, 0) is 4.79 Å². The number of aromatic hydroxyl groups is 1. The van der Waals surface area contributed by atoms with Crippen LogP contribution in [0.2, 0.25) is 0 Å². The number of carbonyl (C=O) groups is 1. The van der Waals surface area contributed by atoms with E-state index in [1.807, 2.05) is 0 Å². The van der Waals surface area contributed by atoms with Crippen molar-refractivity contribution in [3.63, 3.8) is 0 Å². The molecular formula is C8H7ClFNO2. The maximum absolute atomic E-state index is 12.7. The average molecular weight is 204 g/mol. The number of hydrogen-bond donors (Lipinski definition) is 2. The number of phenolic OH excluding ortho intramolecular Hbond substituents is 1. The van der Waals surface area contributed by atoms with Crippen LogP contribution in [0.1, 0.15) is 0 Å². The first-order valence-electron chi connectivity index (χ1n) is 3.48. The molecule has 0 heterocycles. The molecule has 0 saturated heterocycles. The monoisotopic (exact) mass is 203 g/mol. The second-order valence-corrected chi connectivity index (χ2v) is 2.62. The van der Waals surface area contributed by atoms with Gasteiger partial charge in [0.25, 0.3) is 0 Å². The molecule has 1 rings (SSSR count). The van der Waals surface area contributed by atoms with Gasteiger partial charge in [0.05, 0.1) is 0 Å². The Morgan fingerprint density at radius 2 is 2.31 bits per heavy atom. The molecule has 1 aromatic rings. The zero-order valence-corrected chi connectivity index (χ0v) is 7.31. The number of alkyl halides is 1. The molecule has 0 aliphatic rings. The van der Waals surface area contributed by atoms with E-state index < -0.39 is 17.5 Å². The number of hydrogen-bond acceptors (Lipinski definition) is 2. The smallest absolute Gasteiger partial charge is 0.239 e. The lowest BCUT2D eigenvalue weighted by Crippen LogP contribution is -2.12. The summed E-state index contributed by atoms with van der Waals surface area (Å²) in [4.78, 5) is 10.7. The number of phenols is 1. The lowest BCUT2D eigenvalue weighted by Gasteiger charge is -2.02. The maximum Gasteiger partial charge on any atom is 0.239 e. The molecule has 1 amide bonds. The minimum absolute atomic E-state index is 0.192. The van der Waals surface area contributed by atoms with Gasteiger partial charge in [-0.2, -0.15) is 0 Å². The Hall–Kier alpha value is -1.29. The molecule has 0 aromatic heterocycles. The summed E-state index contributed by atoms with van der Waals surface area (Å²) in [5.41, 5.74) is 0.265. The van der Waals surface area contributed by atoms with Crippen LogP contribution in [-0.4, -0.2) is 16.9 Å². The van der Waals surface area contributed by atoms with Crippen molar-refractivity contribution in [3.8, 4) is 5.75 Å². The highest BCUT2D eigenvalue weighted by Gasteiger charge is 2.03. The molecule has 0 aliphatic carbocycles. The fourth-order valence-corrected chi connectivity index (χ4v) is 0.846. The molecule has 0 aliphatic heterocycles. The molecule has 0 radical (unpaired) electrons. The first kappa shape index (κ1) is 9.80.